The minimum Gasteiger partial charge on any atom is -0.329 e. The fourth-order valence-corrected chi connectivity index (χ4v) is 3.56. The number of carbonyl (C=O) groups excluding carboxylic acids is 1. The van der Waals surface area contributed by atoms with Crippen LogP contribution in [0.2, 0.25) is 0 Å². The first-order valence-electron chi connectivity index (χ1n) is 9.97. The molecule has 10 heteroatoms. The van der Waals surface area contributed by atoms with Gasteiger partial charge in [0.15, 0.2) is 0 Å². The molecule has 4 rings (SSSR count). The fourth-order valence-electron chi connectivity index (χ4n) is 3.56. The Bertz CT molecular complexity index is 1270. The minimum atomic E-state index is -4.47. The maximum Gasteiger partial charge on any atom is 0.405 e. The molecule has 166 valence electrons. The normalized spacial score (nSPS) is 11.7. The molecule has 0 aliphatic heterocycles. The van der Waals surface area contributed by atoms with Gasteiger partial charge in [-0.25, -0.2) is 14.8 Å². The van der Waals surface area contributed by atoms with E-state index in [0.29, 0.717) is 5.69 Å². The van der Waals surface area contributed by atoms with E-state index in [-0.39, 0.29) is 0 Å². The molecule has 3 heterocycles. The smallest absolute Gasteiger partial charge is 0.329 e. The average Bonchev–Trinajstić information content (AvgIpc) is 3.34. The number of nitrogens with one attached hydrogen (secondary N) is 2. The standard InChI is InChI=1S/C22H21F3N6O/c1-3-30-14(2)26-11-18(30)16-7-8-31-19(12-27-20(31)10-16)15-5-4-6-17(9-15)29-21(32)28-13-22(23,24)25/h4-12H,3,13H2,1-2H3,(H2,28,29,32). The van der Waals surface area contributed by atoms with Crippen LogP contribution in [0.1, 0.15) is 12.7 Å². The van der Waals surface area contributed by atoms with Gasteiger partial charge in [0.2, 0.25) is 0 Å². The zero-order valence-corrected chi connectivity index (χ0v) is 17.4. The molecule has 0 atom stereocenters. The second kappa shape index (κ2) is 8.37. The van der Waals surface area contributed by atoms with Crippen molar-refractivity contribution in [1.82, 2.24) is 24.3 Å². The molecule has 3 aromatic heterocycles. The van der Waals surface area contributed by atoms with Crippen LogP contribution >= 0.6 is 0 Å². The van der Waals surface area contributed by atoms with Crippen LogP contribution in [0.25, 0.3) is 28.2 Å². The summed E-state index contributed by atoms with van der Waals surface area (Å²) in [7, 11) is 0. The maximum atomic E-state index is 12.3. The highest BCUT2D eigenvalue weighted by Crippen LogP contribution is 2.27. The first-order valence-corrected chi connectivity index (χ1v) is 9.97. The Morgan fingerprint density at radius 3 is 2.56 bits per heavy atom. The highest BCUT2D eigenvalue weighted by molar-refractivity contribution is 5.90. The number of urea groups is 1. The summed E-state index contributed by atoms with van der Waals surface area (Å²) in [5, 5.41) is 4.21. The summed E-state index contributed by atoms with van der Waals surface area (Å²) < 4.78 is 40.9. The summed E-state index contributed by atoms with van der Waals surface area (Å²) in [6, 6.07) is 9.86. The van der Waals surface area contributed by atoms with E-state index in [1.54, 1.807) is 29.7 Å². The van der Waals surface area contributed by atoms with E-state index < -0.39 is 18.8 Å². The van der Waals surface area contributed by atoms with Crippen LogP contribution in [0.4, 0.5) is 23.7 Å². The van der Waals surface area contributed by atoms with Gasteiger partial charge in [-0.15, -0.1) is 0 Å². The number of benzene rings is 1. The lowest BCUT2D eigenvalue weighted by atomic mass is 10.1. The third-order valence-electron chi connectivity index (χ3n) is 5.05. The van der Waals surface area contributed by atoms with E-state index in [0.717, 1.165) is 40.5 Å². The number of halogens is 3. The van der Waals surface area contributed by atoms with Crippen molar-refractivity contribution >= 4 is 17.4 Å². The van der Waals surface area contributed by atoms with Gasteiger partial charge in [0.25, 0.3) is 0 Å². The van der Waals surface area contributed by atoms with Gasteiger partial charge in [-0.05, 0) is 38.1 Å². The van der Waals surface area contributed by atoms with E-state index in [2.05, 4.69) is 26.8 Å². The summed E-state index contributed by atoms with van der Waals surface area (Å²) in [4.78, 5) is 20.6. The lowest BCUT2D eigenvalue weighted by molar-refractivity contribution is -0.122. The first kappa shape index (κ1) is 21.4. The van der Waals surface area contributed by atoms with Crippen LogP contribution < -0.4 is 10.6 Å². The van der Waals surface area contributed by atoms with Crippen molar-refractivity contribution in [3.8, 4) is 22.5 Å². The number of aromatic nitrogens is 4. The molecule has 0 aliphatic rings. The second-order valence-corrected chi connectivity index (χ2v) is 7.23. The van der Waals surface area contributed by atoms with Crippen molar-refractivity contribution in [1.29, 1.82) is 0 Å². The molecule has 1 aromatic carbocycles. The monoisotopic (exact) mass is 442 g/mol. The summed E-state index contributed by atoms with van der Waals surface area (Å²) in [6.45, 7) is 3.44. The number of hydrogen-bond acceptors (Lipinski definition) is 3. The molecule has 2 amide bonds. The fraction of sp³-hybridized carbons (Fsp3) is 0.227. The number of nitrogens with zero attached hydrogens (tertiary/aromatic N) is 4. The summed E-state index contributed by atoms with van der Waals surface area (Å²) in [6.07, 6.45) is 0.991. The number of amides is 2. The van der Waals surface area contributed by atoms with Crippen molar-refractivity contribution in [3.63, 3.8) is 0 Å². The predicted octanol–water partition coefficient (Wildman–Crippen LogP) is 4.88. The van der Waals surface area contributed by atoms with Crippen molar-refractivity contribution in [2.75, 3.05) is 11.9 Å². The highest BCUT2D eigenvalue weighted by Gasteiger charge is 2.27. The van der Waals surface area contributed by atoms with E-state index in [4.69, 9.17) is 0 Å². The number of alkyl halides is 3. The van der Waals surface area contributed by atoms with Crippen molar-refractivity contribution < 1.29 is 18.0 Å². The molecule has 0 spiro atoms. The van der Waals surface area contributed by atoms with Gasteiger partial charge in [0, 0.05) is 29.6 Å². The minimum absolute atomic E-state index is 0.371. The van der Waals surface area contributed by atoms with Gasteiger partial charge >= 0.3 is 12.2 Å². The van der Waals surface area contributed by atoms with Gasteiger partial charge in [0.1, 0.15) is 18.0 Å². The SMILES string of the molecule is CCn1c(-c2ccn3c(-c4cccc(NC(=O)NCC(F)(F)F)c4)cnc3c2)cnc1C. The van der Waals surface area contributed by atoms with Crippen LogP contribution in [-0.2, 0) is 6.54 Å². The number of pyridine rings is 1. The highest BCUT2D eigenvalue weighted by atomic mass is 19.4. The topological polar surface area (TPSA) is 76.2 Å². The molecule has 0 fully saturated rings. The molecule has 7 nitrogen and oxygen atoms in total. The molecule has 0 aliphatic carbocycles. The molecule has 32 heavy (non-hydrogen) atoms. The molecule has 0 saturated heterocycles. The second-order valence-electron chi connectivity index (χ2n) is 7.23. The van der Waals surface area contributed by atoms with Gasteiger partial charge < -0.3 is 15.2 Å². The Kier molecular flexibility index (Phi) is 5.60. The number of rotatable bonds is 5. The van der Waals surface area contributed by atoms with Crippen LogP contribution in [-0.4, -0.2) is 37.7 Å². The molecule has 0 radical (unpaired) electrons. The number of imidazole rings is 2. The van der Waals surface area contributed by atoms with Crippen molar-refractivity contribution in [2.24, 2.45) is 0 Å². The number of aryl methyl sites for hydroxylation is 1. The number of hydrogen-bond donors (Lipinski definition) is 2. The quantitative estimate of drug-likeness (QED) is 0.463. The average molecular weight is 442 g/mol. The first-order chi connectivity index (χ1) is 15.2. The third-order valence-corrected chi connectivity index (χ3v) is 5.05. The summed E-state index contributed by atoms with van der Waals surface area (Å²) in [5.74, 6) is 0.940. The Balaban J connectivity index is 1.59. The third kappa shape index (κ3) is 4.43. The zero-order chi connectivity index (χ0) is 22.9. The summed E-state index contributed by atoms with van der Waals surface area (Å²) in [5.41, 5.74) is 4.65. The molecule has 2 N–H and O–H groups in total. The number of anilines is 1. The van der Waals surface area contributed by atoms with Crippen molar-refractivity contribution in [3.05, 3.63) is 60.8 Å². The number of carbonyl (C=O) groups is 1. The van der Waals surface area contributed by atoms with E-state index in [9.17, 15) is 18.0 Å². The Morgan fingerprint density at radius 1 is 1.06 bits per heavy atom. The van der Waals surface area contributed by atoms with Gasteiger partial charge in [-0.3, -0.25) is 4.40 Å². The summed E-state index contributed by atoms with van der Waals surface area (Å²) >= 11 is 0. The van der Waals surface area contributed by atoms with Gasteiger partial charge in [-0.1, -0.05) is 12.1 Å². The van der Waals surface area contributed by atoms with E-state index in [1.807, 2.05) is 41.9 Å². The Morgan fingerprint density at radius 2 is 1.81 bits per heavy atom. The Hall–Kier alpha value is -3.82. The van der Waals surface area contributed by atoms with Crippen LogP contribution in [0.15, 0.2) is 55.0 Å². The maximum absolute atomic E-state index is 12.3. The van der Waals surface area contributed by atoms with Gasteiger partial charge in [-0.2, -0.15) is 13.2 Å². The predicted molar refractivity (Wildman–Crippen MR) is 115 cm³/mol. The molecule has 0 bridgehead atoms. The van der Waals surface area contributed by atoms with E-state index >= 15 is 0 Å². The Labute approximate surface area is 181 Å². The lowest BCUT2D eigenvalue weighted by Crippen LogP contribution is -2.36. The molecule has 0 unspecified atom stereocenters. The molecular weight excluding hydrogens is 421 g/mol. The van der Waals surface area contributed by atoms with Crippen LogP contribution in [0.5, 0.6) is 0 Å². The van der Waals surface area contributed by atoms with Crippen molar-refractivity contribution in [2.45, 2.75) is 26.6 Å². The van der Waals surface area contributed by atoms with Gasteiger partial charge in [0.05, 0.1) is 23.8 Å². The van der Waals surface area contributed by atoms with E-state index in [1.165, 1.54) is 0 Å². The molecule has 4 aromatic rings. The molecular formula is C22H21F3N6O. The largest absolute Gasteiger partial charge is 0.405 e. The zero-order valence-electron chi connectivity index (χ0n) is 17.4. The molecule has 0 saturated carbocycles. The van der Waals surface area contributed by atoms with Crippen LogP contribution in [0, 0.1) is 6.92 Å². The van der Waals surface area contributed by atoms with Crippen LogP contribution in [0.3, 0.4) is 0 Å². The number of fused-ring (bicyclic) bond motifs is 1. The lowest BCUT2D eigenvalue weighted by Gasteiger charge is -2.11.